The molecule has 132 valence electrons. The topological polar surface area (TPSA) is 70.9 Å². The van der Waals surface area contributed by atoms with Crippen LogP contribution in [0.3, 0.4) is 0 Å². The van der Waals surface area contributed by atoms with E-state index in [1.165, 1.54) is 6.21 Å². The zero-order valence-corrected chi connectivity index (χ0v) is 14.5. The highest BCUT2D eigenvalue weighted by Gasteiger charge is 2.05. The third-order valence-electron chi connectivity index (χ3n) is 3.93. The van der Waals surface area contributed by atoms with Crippen molar-refractivity contribution in [3.05, 3.63) is 71.8 Å². The molecule has 0 aliphatic heterocycles. The van der Waals surface area contributed by atoms with Crippen molar-refractivity contribution in [1.82, 2.24) is 5.43 Å². The van der Waals surface area contributed by atoms with Gasteiger partial charge in [-0.15, -0.1) is 0 Å². The van der Waals surface area contributed by atoms with E-state index in [1.54, 1.807) is 6.07 Å². The van der Waals surface area contributed by atoms with E-state index in [2.05, 4.69) is 10.5 Å². The highest BCUT2D eigenvalue weighted by atomic mass is 16.5. The quantitative estimate of drug-likeness (QED) is 0.528. The summed E-state index contributed by atoms with van der Waals surface area (Å²) in [6.45, 7) is 2.53. The van der Waals surface area contributed by atoms with Gasteiger partial charge in [-0.05, 0) is 41.5 Å². The fraction of sp³-hybridized carbons (Fsp3) is 0.143. The van der Waals surface area contributed by atoms with E-state index in [9.17, 15) is 9.90 Å². The lowest BCUT2D eigenvalue weighted by Gasteiger charge is -2.05. The van der Waals surface area contributed by atoms with E-state index >= 15 is 0 Å². The number of nitrogens with one attached hydrogen (secondary N) is 1. The summed E-state index contributed by atoms with van der Waals surface area (Å²) < 4.78 is 5.38. The van der Waals surface area contributed by atoms with Gasteiger partial charge in [-0.3, -0.25) is 4.79 Å². The van der Waals surface area contributed by atoms with Gasteiger partial charge in [0.1, 0.15) is 11.5 Å². The number of rotatable bonds is 6. The molecule has 0 aromatic heterocycles. The number of carbonyl (C=O) groups is 1. The number of fused-ring (bicyclic) bond motifs is 1. The summed E-state index contributed by atoms with van der Waals surface area (Å²) in [4.78, 5) is 12.0. The summed E-state index contributed by atoms with van der Waals surface area (Å²) >= 11 is 0. The number of nitrogens with zero attached hydrogens (tertiary/aromatic N) is 1. The van der Waals surface area contributed by atoms with Crippen LogP contribution >= 0.6 is 0 Å². The number of amides is 1. The van der Waals surface area contributed by atoms with Gasteiger partial charge in [-0.25, -0.2) is 5.43 Å². The molecule has 0 heterocycles. The second-order valence-electron chi connectivity index (χ2n) is 5.77. The summed E-state index contributed by atoms with van der Waals surface area (Å²) in [7, 11) is 0. The first kappa shape index (κ1) is 17.5. The second kappa shape index (κ2) is 8.16. The molecule has 0 saturated carbocycles. The maximum Gasteiger partial charge on any atom is 0.244 e. The van der Waals surface area contributed by atoms with E-state index in [1.807, 2.05) is 61.5 Å². The van der Waals surface area contributed by atoms with Gasteiger partial charge in [0.2, 0.25) is 5.91 Å². The van der Waals surface area contributed by atoms with E-state index in [4.69, 9.17) is 4.74 Å². The van der Waals surface area contributed by atoms with Gasteiger partial charge in [0.25, 0.3) is 0 Å². The maximum absolute atomic E-state index is 12.0. The molecule has 0 aliphatic rings. The molecule has 0 bridgehead atoms. The third-order valence-corrected chi connectivity index (χ3v) is 3.93. The molecule has 0 atom stereocenters. The highest BCUT2D eigenvalue weighted by molar-refractivity contribution is 6.02. The Balaban J connectivity index is 1.65. The van der Waals surface area contributed by atoms with Crippen LogP contribution in [0.4, 0.5) is 0 Å². The first-order valence-corrected chi connectivity index (χ1v) is 8.41. The monoisotopic (exact) mass is 348 g/mol. The highest BCUT2D eigenvalue weighted by Crippen LogP contribution is 2.25. The fourth-order valence-corrected chi connectivity index (χ4v) is 2.68. The Hall–Kier alpha value is -3.34. The molecule has 5 heteroatoms. The van der Waals surface area contributed by atoms with Crippen molar-refractivity contribution in [3.63, 3.8) is 0 Å². The molecule has 3 aromatic carbocycles. The Labute approximate surface area is 151 Å². The van der Waals surface area contributed by atoms with E-state index in [0.717, 1.165) is 22.1 Å². The SMILES string of the molecule is CCOc1ccc(CC(=O)N/N=C\c2c(O)ccc3ccccc23)cc1. The zero-order valence-electron chi connectivity index (χ0n) is 14.5. The van der Waals surface area contributed by atoms with Gasteiger partial charge in [0, 0.05) is 5.56 Å². The van der Waals surface area contributed by atoms with Gasteiger partial charge >= 0.3 is 0 Å². The molecule has 1 amide bonds. The molecule has 3 rings (SSSR count). The van der Waals surface area contributed by atoms with Crippen LogP contribution in [0, 0.1) is 0 Å². The van der Waals surface area contributed by atoms with Crippen molar-refractivity contribution in [2.45, 2.75) is 13.3 Å². The lowest BCUT2D eigenvalue weighted by Crippen LogP contribution is -2.19. The van der Waals surface area contributed by atoms with Crippen LogP contribution in [0.5, 0.6) is 11.5 Å². The second-order valence-corrected chi connectivity index (χ2v) is 5.77. The average molecular weight is 348 g/mol. The van der Waals surface area contributed by atoms with Crippen molar-refractivity contribution in [2.24, 2.45) is 5.10 Å². The third kappa shape index (κ3) is 4.19. The van der Waals surface area contributed by atoms with E-state index in [-0.39, 0.29) is 18.1 Å². The molecular formula is C21H20N2O3. The summed E-state index contributed by atoms with van der Waals surface area (Å²) in [5, 5.41) is 15.9. The number of hydrogen-bond acceptors (Lipinski definition) is 4. The normalized spacial score (nSPS) is 11.0. The van der Waals surface area contributed by atoms with Crippen LogP contribution in [0.2, 0.25) is 0 Å². The lowest BCUT2D eigenvalue weighted by atomic mass is 10.0. The summed E-state index contributed by atoms with van der Waals surface area (Å²) in [5.74, 6) is 0.666. The minimum atomic E-state index is -0.231. The van der Waals surface area contributed by atoms with Crippen LogP contribution in [0.15, 0.2) is 65.8 Å². The molecule has 0 fully saturated rings. The molecular weight excluding hydrogens is 328 g/mol. The van der Waals surface area contributed by atoms with Gasteiger partial charge in [0.05, 0.1) is 19.2 Å². The number of benzene rings is 3. The van der Waals surface area contributed by atoms with Crippen molar-refractivity contribution in [1.29, 1.82) is 0 Å². The lowest BCUT2D eigenvalue weighted by molar-refractivity contribution is -0.120. The minimum absolute atomic E-state index is 0.119. The van der Waals surface area contributed by atoms with E-state index in [0.29, 0.717) is 12.2 Å². The molecule has 0 unspecified atom stereocenters. The largest absolute Gasteiger partial charge is 0.507 e. The van der Waals surface area contributed by atoms with E-state index < -0.39 is 0 Å². The maximum atomic E-state index is 12.0. The predicted molar refractivity (Wildman–Crippen MR) is 103 cm³/mol. The Bertz CT molecular complexity index is 934. The number of ether oxygens (including phenoxy) is 1. The number of hydrazone groups is 1. The first-order chi connectivity index (χ1) is 12.7. The fourth-order valence-electron chi connectivity index (χ4n) is 2.68. The molecule has 0 spiro atoms. The molecule has 0 saturated heterocycles. The zero-order chi connectivity index (χ0) is 18.4. The molecule has 3 aromatic rings. The average Bonchev–Trinajstić information content (AvgIpc) is 2.65. The minimum Gasteiger partial charge on any atom is -0.507 e. The van der Waals surface area contributed by atoms with Crippen LogP contribution in [-0.2, 0) is 11.2 Å². The van der Waals surface area contributed by atoms with Crippen LogP contribution in [0.1, 0.15) is 18.1 Å². The van der Waals surface area contributed by atoms with Crippen molar-refractivity contribution >= 4 is 22.9 Å². The van der Waals surface area contributed by atoms with Gasteiger partial charge in [-0.2, -0.15) is 5.10 Å². The Morgan fingerprint density at radius 1 is 1.12 bits per heavy atom. The molecule has 2 N–H and O–H groups in total. The van der Waals surface area contributed by atoms with Gasteiger partial charge in [0.15, 0.2) is 0 Å². The Morgan fingerprint density at radius 2 is 1.88 bits per heavy atom. The number of carbonyl (C=O) groups excluding carboxylic acids is 1. The van der Waals surface area contributed by atoms with Crippen molar-refractivity contribution < 1.29 is 14.6 Å². The first-order valence-electron chi connectivity index (χ1n) is 8.41. The number of phenols is 1. The Kier molecular flexibility index (Phi) is 5.49. The summed E-state index contributed by atoms with van der Waals surface area (Å²) in [6, 6.07) is 18.5. The van der Waals surface area contributed by atoms with Crippen LogP contribution in [0.25, 0.3) is 10.8 Å². The van der Waals surface area contributed by atoms with Crippen molar-refractivity contribution in [2.75, 3.05) is 6.61 Å². The number of hydrogen-bond donors (Lipinski definition) is 2. The van der Waals surface area contributed by atoms with Crippen LogP contribution in [-0.4, -0.2) is 23.8 Å². The molecule has 26 heavy (non-hydrogen) atoms. The summed E-state index contributed by atoms with van der Waals surface area (Å²) in [5.41, 5.74) is 3.94. The molecule has 0 radical (unpaired) electrons. The number of aromatic hydroxyl groups is 1. The van der Waals surface area contributed by atoms with Crippen molar-refractivity contribution in [3.8, 4) is 11.5 Å². The smallest absolute Gasteiger partial charge is 0.244 e. The van der Waals surface area contributed by atoms with Gasteiger partial charge in [-0.1, -0.05) is 42.5 Å². The molecule has 0 aliphatic carbocycles. The standard InChI is InChI=1S/C21H20N2O3/c1-2-26-17-10-7-15(8-11-17)13-21(25)23-22-14-19-18-6-4-3-5-16(18)9-12-20(19)24/h3-12,14,24H,2,13H2,1H3,(H,23,25)/b22-14-. The summed E-state index contributed by atoms with van der Waals surface area (Å²) in [6.07, 6.45) is 1.68. The van der Waals surface area contributed by atoms with Gasteiger partial charge < -0.3 is 9.84 Å². The predicted octanol–water partition coefficient (Wildman–Crippen LogP) is 3.64. The Morgan fingerprint density at radius 3 is 2.65 bits per heavy atom. The number of phenolic OH excluding ortho intramolecular Hbond substituents is 1. The molecule has 5 nitrogen and oxygen atoms in total. The van der Waals surface area contributed by atoms with Crippen LogP contribution < -0.4 is 10.2 Å².